The number of rotatable bonds is 12. The van der Waals surface area contributed by atoms with Crippen molar-refractivity contribution in [2.75, 3.05) is 12.4 Å². The van der Waals surface area contributed by atoms with Crippen molar-refractivity contribution in [3.63, 3.8) is 0 Å². The summed E-state index contributed by atoms with van der Waals surface area (Å²) in [7, 11) is 1.28. The molecule has 40 heavy (non-hydrogen) atoms. The van der Waals surface area contributed by atoms with Crippen molar-refractivity contribution < 1.29 is 28.7 Å². The van der Waals surface area contributed by atoms with Gasteiger partial charge in [0.1, 0.15) is 17.7 Å². The number of aryl methyl sites for hydroxylation is 1. The minimum Gasteiger partial charge on any atom is -0.467 e. The number of alkyl carbamates (subject to hydrolysis) is 1. The number of methoxy groups -OCH3 is 1. The predicted molar refractivity (Wildman–Crippen MR) is 155 cm³/mol. The fourth-order valence-corrected chi connectivity index (χ4v) is 4.14. The molecule has 0 aliphatic heterocycles. The summed E-state index contributed by atoms with van der Waals surface area (Å²) in [4.78, 5) is 50.3. The lowest BCUT2D eigenvalue weighted by molar-refractivity contribution is -0.144. The Kier molecular flexibility index (Phi) is 12.2. The molecule has 218 valence electrons. The normalized spacial score (nSPS) is 13.5. The third kappa shape index (κ3) is 10.7. The molecule has 0 aromatic heterocycles. The van der Waals surface area contributed by atoms with E-state index in [2.05, 4.69) is 16.0 Å². The summed E-state index contributed by atoms with van der Waals surface area (Å²) < 4.78 is 10.0. The van der Waals surface area contributed by atoms with Crippen molar-refractivity contribution in [2.24, 2.45) is 5.92 Å². The molecule has 0 heterocycles. The Hall–Kier alpha value is -3.88. The van der Waals surface area contributed by atoms with Crippen LogP contribution in [-0.2, 0) is 30.3 Å². The Bertz CT molecular complexity index is 1130. The first-order chi connectivity index (χ1) is 18.8. The highest BCUT2D eigenvalue weighted by atomic mass is 16.6. The van der Waals surface area contributed by atoms with Crippen LogP contribution in [0.3, 0.4) is 0 Å². The average Bonchev–Trinajstić information content (AvgIpc) is 2.89. The molecule has 0 saturated heterocycles. The lowest BCUT2D eigenvalue weighted by atomic mass is 9.91. The molecule has 2 rings (SSSR count). The molecule has 2 aromatic rings. The van der Waals surface area contributed by atoms with E-state index in [0.717, 1.165) is 18.4 Å². The molecule has 3 atom stereocenters. The van der Waals surface area contributed by atoms with Gasteiger partial charge in [0.2, 0.25) is 11.8 Å². The molecule has 0 aliphatic rings. The lowest BCUT2D eigenvalue weighted by Crippen LogP contribution is -2.48. The van der Waals surface area contributed by atoms with E-state index >= 15 is 0 Å². The molecule has 0 aliphatic carbocycles. The Morgan fingerprint density at radius 1 is 0.850 bits per heavy atom. The van der Waals surface area contributed by atoms with Gasteiger partial charge in [0.25, 0.3) is 0 Å². The zero-order valence-corrected chi connectivity index (χ0v) is 24.6. The van der Waals surface area contributed by atoms with E-state index in [9.17, 15) is 19.2 Å². The number of carbonyl (C=O) groups excluding carboxylic acids is 4. The predicted octanol–water partition coefficient (Wildman–Crippen LogP) is 4.96. The first-order valence-electron chi connectivity index (χ1n) is 13.6. The Morgan fingerprint density at radius 2 is 1.48 bits per heavy atom. The third-order valence-electron chi connectivity index (χ3n) is 6.23. The van der Waals surface area contributed by atoms with E-state index < -0.39 is 35.7 Å². The van der Waals surface area contributed by atoms with Crippen molar-refractivity contribution in [3.05, 3.63) is 65.7 Å². The van der Waals surface area contributed by atoms with Crippen LogP contribution < -0.4 is 16.0 Å². The van der Waals surface area contributed by atoms with Crippen LogP contribution in [0.25, 0.3) is 0 Å². The summed E-state index contributed by atoms with van der Waals surface area (Å²) in [5.41, 5.74) is 1.78. The highest BCUT2D eigenvalue weighted by molar-refractivity contribution is 5.97. The Balaban J connectivity index is 2.14. The second kappa shape index (κ2) is 15.1. The summed E-state index contributed by atoms with van der Waals surface area (Å²) in [5, 5.41) is 8.23. The van der Waals surface area contributed by atoms with Gasteiger partial charge in [0, 0.05) is 5.69 Å². The maximum absolute atomic E-state index is 13.2. The monoisotopic (exact) mass is 553 g/mol. The summed E-state index contributed by atoms with van der Waals surface area (Å²) in [6.07, 6.45) is 1.48. The number of esters is 1. The van der Waals surface area contributed by atoms with Crippen LogP contribution >= 0.6 is 0 Å². The summed E-state index contributed by atoms with van der Waals surface area (Å²) in [6.45, 7) is 10.5. The highest BCUT2D eigenvalue weighted by Crippen LogP contribution is 2.25. The number of hydrogen-bond acceptors (Lipinski definition) is 6. The molecule has 0 fully saturated rings. The fraction of sp³-hybridized carbons (Fsp3) is 0.484. The first kappa shape index (κ1) is 32.3. The van der Waals surface area contributed by atoms with Gasteiger partial charge in [-0.1, -0.05) is 56.3 Å². The van der Waals surface area contributed by atoms with Crippen molar-refractivity contribution in [1.29, 1.82) is 0 Å². The van der Waals surface area contributed by atoms with Crippen molar-refractivity contribution in [1.82, 2.24) is 10.6 Å². The fourth-order valence-electron chi connectivity index (χ4n) is 4.14. The lowest BCUT2D eigenvalue weighted by Gasteiger charge is -2.25. The zero-order chi connectivity index (χ0) is 29.9. The molecule has 3 amide bonds. The molecule has 0 saturated carbocycles. The van der Waals surface area contributed by atoms with E-state index in [1.165, 1.54) is 12.7 Å². The molecule has 0 radical (unpaired) electrons. The second-order valence-electron chi connectivity index (χ2n) is 11.2. The molecule has 9 nitrogen and oxygen atoms in total. The molecule has 9 heteroatoms. The standard InChI is InChI=1S/C31H43N3O6/c1-20(2)26(34-30(38)40-31(4,5)6)28(36)33-24-18-16-23(17-19-24)25(27(35)32-21(3)29(37)39-7)15-11-14-22-12-9-8-10-13-22/h8-10,12-13,16-21,25-26H,11,14-15H2,1-7H3,(H,32,35)(H,33,36)(H,34,38)/t21-,25+,26+/m1/s1. The van der Waals surface area contributed by atoms with Gasteiger partial charge in [-0.15, -0.1) is 0 Å². The van der Waals surface area contributed by atoms with Gasteiger partial charge in [0.15, 0.2) is 0 Å². The second-order valence-corrected chi connectivity index (χ2v) is 11.2. The van der Waals surface area contributed by atoms with Crippen LogP contribution in [0.4, 0.5) is 10.5 Å². The van der Waals surface area contributed by atoms with Crippen molar-refractivity contribution in [2.45, 2.75) is 84.4 Å². The third-order valence-corrected chi connectivity index (χ3v) is 6.23. The largest absolute Gasteiger partial charge is 0.467 e. The number of carbonyl (C=O) groups is 4. The van der Waals surface area contributed by atoms with Gasteiger partial charge >= 0.3 is 12.1 Å². The molecule has 0 bridgehead atoms. The maximum Gasteiger partial charge on any atom is 0.408 e. The van der Waals surface area contributed by atoms with Gasteiger partial charge < -0.3 is 25.4 Å². The molecule has 0 unspecified atom stereocenters. The molecule has 3 N–H and O–H groups in total. The topological polar surface area (TPSA) is 123 Å². The van der Waals surface area contributed by atoms with Crippen LogP contribution in [0, 0.1) is 5.92 Å². The van der Waals surface area contributed by atoms with Crippen LogP contribution in [0.1, 0.15) is 71.4 Å². The summed E-state index contributed by atoms with van der Waals surface area (Å²) in [5.74, 6) is -1.85. The highest BCUT2D eigenvalue weighted by Gasteiger charge is 2.28. The Labute approximate surface area is 237 Å². The van der Waals surface area contributed by atoms with Crippen molar-refractivity contribution >= 4 is 29.6 Å². The van der Waals surface area contributed by atoms with Gasteiger partial charge in [0.05, 0.1) is 13.0 Å². The number of benzene rings is 2. The quantitative estimate of drug-likeness (QED) is 0.319. The van der Waals surface area contributed by atoms with E-state index in [1.54, 1.807) is 52.0 Å². The van der Waals surface area contributed by atoms with Crippen LogP contribution in [0.15, 0.2) is 54.6 Å². The molecular weight excluding hydrogens is 510 g/mol. The smallest absolute Gasteiger partial charge is 0.408 e. The number of hydrogen-bond donors (Lipinski definition) is 3. The number of amides is 3. The van der Waals surface area contributed by atoms with E-state index in [1.807, 2.05) is 44.2 Å². The molecule has 2 aromatic carbocycles. The van der Waals surface area contributed by atoms with E-state index in [4.69, 9.17) is 9.47 Å². The van der Waals surface area contributed by atoms with Gasteiger partial charge in [-0.3, -0.25) is 9.59 Å². The van der Waals surface area contributed by atoms with E-state index in [0.29, 0.717) is 12.1 Å². The van der Waals surface area contributed by atoms with E-state index in [-0.39, 0.29) is 17.7 Å². The van der Waals surface area contributed by atoms with Crippen molar-refractivity contribution in [3.8, 4) is 0 Å². The molecular formula is C31H43N3O6. The number of nitrogens with one attached hydrogen (secondary N) is 3. The SMILES string of the molecule is COC(=O)[C@@H](C)NC(=O)[C@@H](CCCc1ccccc1)c1ccc(NC(=O)[C@@H](NC(=O)OC(C)(C)C)C(C)C)cc1. The minimum atomic E-state index is -0.800. The maximum atomic E-state index is 13.2. The Morgan fingerprint density at radius 3 is 2.02 bits per heavy atom. The van der Waals surface area contributed by atoms with Gasteiger partial charge in [-0.25, -0.2) is 9.59 Å². The molecule has 0 spiro atoms. The van der Waals surface area contributed by atoms with Crippen LogP contribution in [0.2, 0.25) is 0 Å². The van der Waals surface area contributed by atoms with Crippen LogP contribution in [0.5, 0.6) is 0 Å². The number of ether oxygens (including phenoxy) is 2. The first-order valence-corrected chi connectivity index (χ1v) is 13.6. The van der Waals surface area contributed by atoms with Gasteiger partial charge in [-0.05, 0) is 76.1 Å². The average molecular weight is 554 g/mol. The summed E-state index contributed by atoms with van der Waals surface area (Å²) >= 11 is 0. The van der Waals surface area contributed by atoms with Gasteiger partial charge in [-0.2, -0.15) is 0 Å². The number of anilines is 1. The minimum absolute atomic E-state index is 0.179. The summed E-state index contributed by atoms with van der Waals surface area (Å²) in [6, 6.07) is 15.5. The van der Waals surface area contributed by atoms with Crippen LogP contribution in [-0.4, -0.2) is 48.7 Å². The zero-order valence-electron chi connectivity index (χ0n) is 24.6.